The Morgan fingerprint density at radius 2 is 1.35 bits per heavy atom. The number of halogens is 6. The van der Waals surface area contributed by atoms with Crippen LogP contribution in [0.15, 0.2) is 161 Å². The van der Waals surface area contributed by atoms with Crippen molar-refractivity contribution in [2.75, 3.05) is 7.11 Å². The van der Waals surface area contributed by atoms with E-state index in [1.807, 2.05) is 67.6 Å². The van der Waals surface area contributed by atoms with E-state index in [0.29, 0.717) is 50.9 Å². The van der Waals surface area contributed by atoms with Crippen LogP contribution in [0.3, 0.4) is 0 Å². The number of methoxy groups -OCH3 is 1. The Kier molecular flexibility index (Phi) is 13.8. The summed E-state index contributed by atoms with van der Waals surface area (Å²) in [5, 5.41) is 20.9. The molecule has 0 saturated heterocycles. The van der Waals surface area contributed by atoms with Crippen LogP contribution in [-0.2, 0) is 0 Å². The van der Waals surface area contributed by atoms with E-state index in [2.05, 4.69) is 26.7 Å². The number of carbonyl (C=O) groups excluding carboxylic acids is 2. The molecular weight excluding hydrogens is 983 g/mol. The number of para-hydroxylation sites is 1. The van der Waals surface area contributed by atoms with Gasteiger partial charge in [-0.3, -0.25) is 9.59 Å². The number of hydrogen-bond donors (Lipinski definition) is 1. The first-order valence-corrected chi connectivity index (χ1v) is 23.3. The van der Waals surface area contributed by atoms with Crippen molar-refractivity contribution >= 4 is 73.9 Å². The first-order valence-electron chi connectivity index (χ1n) is 21.1. The largest absolute Gasteiger partial charge is 0.508 e. The molecule has 0 aliphatic carbocycles. The van der Waals surface area contributed by atoms with E-state index in [0.717, 1.165) is 50.6 Å². The summed E-state index contributed by atoms with van der Waals surface area (Å²) in [6.07, 6.45) is 1.66. The molecule has 2 atom stereocenters. The van der Waals surface area contributed by atoms with Crippen molar-refractivity contribution in [3.8, 4) is 17.3 Å². The predicted octanol–water partition coefficient (Wildman–Crippen LogP) is 13.3. The van der Waals surface area contributed by atoms with E-state index < -0.39 is 51.3 Å². The maximum absolute atomic E-state index is 14.7. The van der Waals surface area contributed by atoms with Crippen molar-refractivity contribution < 1.29 is 45.8 Å². The van der Waals surface area contributed by atoms with Gasteiger partial charge in [-0.2, -0.15) is 10.2 Å². The van der Waals surface area contributed by atoms with Crippen molar-refractivity contribution in [1.82, 2.24) is 20.0 Å². The normalized spacial score (nSPS) is 15.3. The van der Waals surface area contributed by atoms with E-state index in [9.17, 15) is 36.6 Å². The lowest BCUT2D eigenvalue weighted by Crippen LogP contribution is -2.28. The molecule has 0 spiro atoms. The third-order valence-corrected chi connectivity index (χ3v) is 13.7. The summed E-state index contributed by atoms with van der Waals surface area (Å²) >= 11 is 8.43. The van der Waals surface area contributed by atoms with E-state index >= 15 is 0 Å². The van der Waals surface area contributed by atoms with Crippen LogP contribution in [-0.4, -0.2) is 54.1 Å². The van der Waals surface area contributed by atoms with Crippen molar-refractivity contribution in [2.45, 2.75) is 17.7 Å². The van der Waals surface area contributed by atoms with E-state index in [-0.39, 0.29) is 33.7 Å². The van der Waals surface area contributed by atoms with E-state index in [1.54, 1.807) is 55.8 Å². The fourth-order valence-electron chi connectivity index (χ4n) is 7.51. The van der Waals surface area contributed by atoms with Crippen molar-refractivity contribution in [3.63, 3.8) is 0 Å². The van der Waals surface area contributed by atoms with Gasteiger partial charge in [0.1, 0.15) is 55.1 Å². The summed E-state index contributed by atoms with van der Waals surface area (Å²) in [6.45, 7) is 5.43. The van der Waals surface area contributed by atoms with Gasteiger partial charge in [0.05, 0.1) is 7.11 Å². The summed E-state index contributed by atoms with van der Waals surface area (Å²) in [5.41, 5.74) is 4.10. The highest BCUT2D eigenvalue weighted by atomic mass is 35.5. The highest BCUT2D eigenvalue weighted by molar-refractivity contribution is 8.15. The number of aliphatic hydroxyl groups is 1. The van der Waals surface area contributed by atoms with Crippen LogP contribution in [0.2, 0.25) is 5.02 Å². The van der Waals surface area contributed by atoms with Crippen LogP contribution in [0.4, 0.5) is 22.0 Å². The summed E-state index contributed by atoms with van der Waals surface area (Å²) in [4.78, 5) is 35.8. The average Bonchev–Trinajstić information content (AvgIpc) is 4.13. The average molecular weight is 1020 g/mol. The van der Waals surface area contributed by atoms with Gasteiger partial charge in [0.15, 0.2) is 17.2 Å². The second-order valence-corrected chi connectivity index (χ2v) is 18.2. The molecule has 6 aromatic carbocycles. The lowest BCUT2D eigenvalue weighted by atomic mass is 10.1. The number of rotatable bonds is 9. The molecule has 0 fully saturated rings. The third kappa shape index (κ3) is 9.86. The third-order valence-electron chi connectivity index (χ3n) is 11.0. The number of aryl methyl sites for hydroxylation is 1. The number of carbonyl (C=O) groups is 2. The molecule has 2 amide bonds. The Morgan fingerprint density at radius 1 is 0.704 bits per heavy atom. The Hall–Kier alpha value is -7.80. The number of nitrogens with zero attached hydrogens (tertiary/aromatic N) is 6. The first kappa shape index (κ1) is 48.2. The number of oxazole rings is 1. The van der Waals surface area contributed by atoms with Crippen molar-refractivity contribution in [2.24, 2.45) is 10.2 Å². The zero-order valence-corrected chi connectivity index (χ0v) is 39.4. The number of aliphatic hydroxyl groups excluding tert-OH is 1. The quantitative estimate of drug-likeness (QED) is 0.111. The number of hydrogen-bond acceptors (Lipinski definition) is 11. The van der Waals surface area contributed by atoms with Gasteiger partial charge >= 0.3 is 0 Å². The molecule has 0 saturated carbocycles. The fourth-order valence-corrected chi connectivity index (χ4v) is 9.97. The predicted molar refractivity (Wildman–Crippen MR) is 263 cm³/mol. The molecule has 2 aliphatic heterocycles. The van der Waals surface area contributed by atoms with E-state index in [1.165, 1.54) is 22.8 Å². The van der Waals surface area contributed by atoms with Gasteiger partial charge in [-0.05, 0) is 79.2 Å². The SMILES string of the molecule is C=C(O)c1cccc(-c2nc3c(C4SC(c5ccc(F)c(F)c5)=NN4C(=O)c4c(F)cc(F)cc4F)cccc3o2)c1.COc1ncccc1[C@H]1SC(c2ccc(Cl)cc2)=NN1C(=O)c1ccccc1C. The number of thioether (sulfide) groups is 2. The maximum atomic E-state index is 14.7. The molecule has 4 heterocycles. The van der Waals surface area contributed by atoms with Crippen molar-refractivity contribution in [1.29, 1.82) is 0 Å². The smallest absolute Gasteiger partial charge is 0.281 e. The summed E-state index contributed by atoms with van der Waals surface area (Å²) in [5.74, 6) is -7.29. The number of benzene rings is 6. The molecule has 0 bridgehead atoms. The number of hydrazone groups is 2. The summed E-state index contributed by atoms with van der Waals surface area (Å²) in [6, 6.07) is 33.8. The number of pyridine rings is 1. The topological polar surface area (TPSA) is 134 Å². The van der Waals surface area contributed by atoms with Crippen LogP contribution in [0.25, 0.3) is 28.3 Å². The van der Waals surface area contributed by atoms with Gasteiger partial charge in [0.2, 0.25) is 11.8 Å². The molecule has 1 N–H and O–H groups in total. The summed E-state index contributed by atoms with van der Waals surface area (Å²) < 4.78 is 82.0. The number of aromatic nitrogens is 2. The molecule has 19 heteroatoms. The van der Waals surface area contributed by atoms with Gasteiger partial charge in [-0.15, -0.1) is 0 Å². The standard InChI is InChI=1S/C30H16F5N3O3S.C22H18ClN3O2S/c1-14(39)15-4-2-5-16(10-15)27-36-26-19(6-3-7-24(26)41-27)30-38(29(40)25-22(34)12-18(31)13-23(25)35)37-28(42-30)17-8-9-20(32)21(33)11-17;1-14-6-3-4-7-17(14)21(27)26-22(18-8-5-13-24-19(18)28-2)29-20(25-26)15-9-11-16(23)12-10-15/h2-13,30,39H,1H2;3-13,22H,1-2H3/t;22-/m.1/s1. The van der Waals surface area contributed by atoms with Crippen LogP contribution < -0.4 is 4.74 Å². The van der Waals surface area contributed by atoms with E-state index in [4.69, 9.17) is 20.8 Å². The van der Waals surface area contributed by atoms with Crippen LogP contribution in [0.1, 0.15) is 64.8 Å². The minimum absolute atomic E-state index is 0.0464. The van der Waals surface area contributed by atoms with Gasteiger partial charge < -0.3 is 14.3 Å². The maximum Gasteiger partial charge on any atom is 0.281 e. The molecule has 2 aliphatic rings. The zero-order chi connectivity index (χ0) is 50.1. The highest BCUT2D eigenvalue weighted by Gasteiger charge is 2.40. The molecule has 71 heavy (non-hydrogen) atoms. The van der Waals surface area contributed by atoms with Crippen LogP contribution in [0, 0.1) is 36.0 Å². The molecule has 1 unspecified atom stereocenters. The monoisotopic (exact) mass is 1020 g/mol. The van der Waals surface area contributed by atoms with Crippen molar-refractivity contribution in [3.05, 3.63) is 225 Å². The second kappa shape index (κ2) is 20.3. The minimum Gasteiger partial charge on any atom is -0.508 e. The Morgan fingerprint density at radius 3 is 2.04 bits per heavy atom. The lowest BCUT2D eigenvalue weighted by molar-refractivity contribution is 0.0735. The summed E-state index contributed by atoms with van der Waals surface area (Å²) in [7, 11) is 1.57. The molecule has 0 radical (unpaired) electrons. The molecule has 8 aromatic rings. The van der Waals surface area contributed by atoms with Gasteiger partial charge in [0, 0.05) is 62.3 Å². The Balaban J connectivity index is 0.000000188. The Labute approximate surface area is 415 Å². The first-order chi connectivity index (χ1) is 34.2. The number of ether oxygens (including phenoxy) is 1. The lowest BCUT2D eigenvalue weighted by Gasteiger charge is -2.22. The van der Waals surface area contributed by atoms with Crippen LogP contribution in [0.5, 0.6) is 5.88 Å². The molecule has 10 rings (SSSR count). The van der Waals surface area contributed by atoms with Gasteiger partial charge in [-0.1, -0.05) is 96.3 Å². The number of amides is 2. The molecule has 2 aromatic heterocycles. The molecule has 356 valence electrons. The Bertz CT molecular complexity index is 3460. The van der Waals surface area contributed by atoms with Gasteiger partial charge in [0.25, 0.3) is 11.8 Å². The van der Waals surface area contributed by atoms with Crippen LogP contribution >= 0.6 is 35.1 Å². The number of fused-ring (bicyclic) bond motifs is 1. The highest BCUT2D eigenvalue weighted by Crippen LogP contribution is 2.47. The van der Waals surface area contributed by atoms with Gasteiger partial charge in [-0.25, -0.2) is 41.9 Å². The minimum atomic E-state index is -1.44. The zero-order valence-electron chi connectivity index (χ0n) is 37.0. The molecule has 11 nitrogen and oxygen atoms in total. The second-order valence-electron chi connectivity index (χ2n) is 15.6. The molecular formula is C52H34ClF5N6O5S2. The fraction of sp³-hybridized carbons (Fsp3) is 0.0769.